The number of carbonyl (C=O) groups excluding carboxylic acids is 1. The number of ketones is 1. The van der Waals surface area contributed by atoms with Crippen molar-refractivity contribution < 1.29 is 14.6 Å². The monoisotopic (exact) mass is 302 g/mol. The molecule has 9 heteroatoms. The zero-order valence-electron chi connectivity index (χ0n) is 11.4. The Morgan fingerprint density at radius 3 is 2.64 bits per heavy atom. The van der Waals surface area contributed by atoms with Gasteiger partial charge >= 0.3 is 5.69 Å². The highest BCUT2D eigenvalue weighted by Crippen LogP contribution is 2.18. The first-order valence-electron chi connectivity index (χ1n) is 6.03. The summed E-state index contributed by atoms with van der Waals surface area (Å²) in [6, 6.07) is 5.66. The van der Waals surface area contributed by atoms with E-state index >= 15 is 0 Å². The minimum Gasteiger partial charge on any atom is -0.287 e. The van der Waals surface area contributed by atoms with Gasteiger partial charge in [-0.3, -0.25) is 29.7 Å². The summed E-state index contributed by atoms with van der Waals surface area (Å²) in [6.07, 6.45) is 3.57. The Kier molecular flexibility index (Phi) is 4.07. The zero-order chi connectivity index (χ0) is 16.3. The smallest absolute Gasteiger partial charge is 0.287 e. The van der Waals surface area contributed by atoms with Crippen LogP contribution in [0, 0.1) is 20.2 Å². The molecule has 0 radical (unpaired) electrons. The van der Waals surface area contributed by atoms with Crippen LogP contribution in [-0.4, -0.2) is 25.4 Å². The second-order valence-corrected chi connectivity index (χ2v) is 4.34. The Balaban J connectivity index is 2.27. The summed E-state index contributed by atoms with van der Waals surface area (Å²) < 4.78 is 1.17. The fraction of sp³-hybridized carbons (Fsp3) is 0.0769. The molecule has 2 aromatic rings. The average molecular weight is 302 g/mol. The molecule has 22 heavy (non-hydrogen) atoms. The van der Waals surface area contributed by atoms with E-state index in [0.29, 0.717) is 5.56 Å². The molecular formula is C13H10N4O5. The molecule has 0 atom stereocenters. The first kappa shape index (κ1) is 15.0. The quantitative estimate of drug-likeness (QED) is 0.361. The molecule has 9 nitrogen and oxygen atoms in total. The second kappa shape index (κ2) is 5.95. The molecule has 112 valence electrons. The van der Waals surface area contributed by atoms with Crippen LogP contribution >= 0.6 is 0 Å². The first-order valence-corrected chi connectivity index (χ1v) is 6.03. The van der Waals surface area contributed by atoms with Crippen LogP contribution in [0.15, 0.2) is 36.5 Å². The number of aromatic nitrogens is 2. The van der Waals surface area contributed by atoms with Crippen LogP contribution in [0.25, 0.3) is 6.08 Å². The molecule has 0 aliphatic heterocycles. The summed E-state index contributed by atoms with van der Waals surface area (Å²) in [5.74, 6) is -0.654. The van der Waals surface area contributed by atoms with E-state index in [1.165, 1.54) is 36.0 Å². The summed E-state index contributed by atoms with van der Waals surface area (Å²) in [5.41, 5.74) is -0.357. The highest BCUT2D eigenvalue weighted by molar-refractivity contribution is 6.07. The van der Waals surface area contributed by atoms with Gasteiger partial charge in [0.15, 0.2) is 0 Å². The number of hydrogen-bond acceptors (Lipinski definition) is 6. The molecule has 0 bridgehead atoms. The van der Waals surface area contributed by atoms with E-state index in [1.54, 1.807) is 6.07 Å². The van der Waals surface area contributed by atoms with Crippen molar-refractivity contribution in [3.05, 3.63) is 68.0 Å². The van der Waals surface area contributed by atoms with E-state index in [0.717, 1.165) is 12.3 Å². The van der Waals surface area contributed by atoms with E-state index in [9.17, 15) is 25.0 Å². The van der Waals surface area contributed by atoms with Crippen molar-refractivity contribution in [2.24, 2.45) is 7.05 Å². The number of hydrogen-bond donors (Lipinski definition) is 0. The highest BCUT2D eigenvalue weighted by Gasteiger charge is 2.23. The third kappa shape index (κ3) is 3.20. The topological polar surface area (TPSA) is 121 Å². The van der Waals surface area contributed by atoms with Gasteiger partial charge in [0.05, 0.1) is 9.85 Å². The number of non-ortho nitro benzene ring substituents is 1. The lowest BCUT2D eigenvalue weighted by molar-refractivity contribution is -0.385. The van der Waals surface area contributed by atoms with Crippen LogP contribution in [0.3, 0.4) is 0 Å². The van der Waals surface area contributed by atoms with Gasteiger partial charge in [0.2, 0.25) is 11.5 Å². The van der Waals surface area contributed by atoms with Crippen molar-refractivity contribution in [1.82, 2.24) is 9.78 Å². The average Bonchev–Trinajstić information content (AvgIpc) is 2.87. The molecule has 0 aliphatic carbocycles. The van der Waals surface area contributed by atoms with E-state index in [1.807, 2.05) is 0 Å². The number of nitro benzene ring substituents is 1. The predicted molar refractivity (Wildman–Crippen MR) is 76.3 cm³/mol. The number of rotatable bonds is 5. The standard InChI is InChI=1S/C13H10N4O5/c1-15-8-11(17(21)22)13(14-15)12(18)6-5-9-3-2-4-10(7-9)16(19)20/h2-8H,1H3/b6-5+. The van der Waals surface area contributed by atoms with Gasteiger partial charge < -0.3 is 0 Å². The summed E-state index contributed by atoms with van der Waals surface area (Å²) in [5, 5.41) is 25.3. The number of carbonyl (C=O) groups is 1. The van der Waals surface area contributed by atoms with E-state index in [2.05, 4.69) is 5.10 Å². The normalized spacial score (nSPS) is 10.8. The number of aryl methyl sites for hydroxylation is 1. The Labute approximate surface area is 123 Å². The third-order valence-electron chi connectivity index (χ3n) is 2.75. The number of benzene rings is 1. The van der Waals surface area contributed by atoms with E-state index in [-0.39, 0.29) is 11.4 Å². The zero-order valence-corrected chi connectivity index (χ0v) is 11.4. The molecule has 0 amide bonds. The molecule has 0 saturated carbocycles. The van der Waals surface area contributed by atoms with Crippen LogP contribution < -0.4 is 0 Å². The third-order valence-corrected chi connectivity index (χ3v) is 2.75. The minimum absolute atomic E-state index is 0.113. The van der Waals surface area contributed by atoms with Crippen molar-refractivity contribution in [1.29, 1.82) is 0 Å². The van der Waals surface area contributed by atoms with Gasteiger partial charge in [-0.1, -0.05) is 18.2 Å². The van der Waals surface area contributed by atoms with Gasteiger partial charge in [-0.2, -0.15) is 5.10 Å². The molecule has 1 aromatic heterocycles. The molecule has 2 rings (SSSR count). The molecular weight excluding hydrogens is 292 g/mol. The fourth-order valence-electron chi connectivity index (χ4n) is 1.78. The summed E-state index contributed by atoms with van der Waals surface area (Å²) >= 11 is 0. The molecule has 0 saturated heterocycles. The van der Waals surface area contributed by atoms with Gasteiger partial charge in [0.1, 0.15) is 6.20 Å². The Bertz CT molecular complexity index is 793. The highest BCUT2D eigenvalue weighted by atomic mass is 16.6. The summed E-state index contributed by atoms with van der Waals surface area (Å²) in [6.45, 7) is 0. The Hall–Kier alpha value is -3.36. The minimum atomic E-state index is -0.693. The Morgan fingerprint density at radius 1 is 1.27 bits per heavy atom. The van der Waals surface area contributed by atoms with Crippen molar-refractivity contribution in [3.8, 4) is 0 Å². The number of nitrogens with zero attached hydrogens (tertiary/aromatic N) is 4. The Morgan fingerprint density at radius 2 is 2.00 bits per heavy atom. The molecule has 1 aromatic carbocycles. The number of allylic oxidation sites excluding steroid dienone is 1. The maximum Gasteiger partial charge on any atom is 0.318 e. The van der Waals surface area contributed by atoms with E-state index < -0.39 is 21.3 Å². The van der Waals surface area contributed by atoms with Crippen LogP contribution in [0.4, 0.5) is 11.4 Å². The van der Waals surface area contributed by atoms with Crippen molar-refractivity contribution >= 4 is 23.2 Å². The van der Waals surface area contributed by atoms with Gasteiger partial charge in [-0.05, 0) is 11.6 Å². The van der Waals surface area contributed by atoms with Gasteiger partial charge in [0, 0.05) is 19.2 Å². The summed E-state index contributed by atoms with van der Waals surface area (Å²) in [4.78, 5) is 32.2. The molecule has 0 fully saturated rings. The van der Waals surface area contributed by atoms with Crippen LogP contribution in [0.5, 0.6) is 0 Å². The maximum absolute atomic E-state index is 12.0. The molecule has 0 N–H and O–H groups in total. The van der Waals surface area contributed by atoms with E-state index in [4.69, 9.17) is 0 Å². The van der Waals surface area contributed by atoms with Crippen LogP contribution in [0.1, 0.15) is 16.1 Å². The van der Waals surface area contributed by atoms with Crippen LogP contribution in [-0.2, 0) is 7.05 Å². The van der Waals surface area contributed by atoms with Crippen molar-refractivity contribution in [2.45, 2.75) is 0 Å². The SMILES string of the molecule is Cn1cc([N+](=O)[O-])c(C(=O)/C=C/c2cccc([N+](=O)[O-])c2)n1. The summed E-state index contributed by atoms with van der Waals surface area (Å²) in [7, 11) is 1.47. The molecule has 0 aliphatic rings. The second-order valence-electron chi connectivity index (χ2n) is 4.34. The van der Waals surface area contributed by atoms with Crippen molar-refractivity contribution in [2.75, 3.05) is 0 Å². The molecule has 0 unspecified atom stereocenters. The lowest BCUT2D eigenvalue weighted by Gasteiger charge is -1.94. The fourth-order valence-corrected chi connectivity index (χ4v) is 1.78. The first-order chi connectivity index (χ1) is 10.4. The lowest BCUT2D eigenvalue weighted by Crippen LogP contribution is -2.01. The van der Waals surface area contributed by atoms with Gasteiger partial charge in [-0.25, -0.2) is 0 Å². The largest absolute Gasteiger partial charge is 0.318 e. The van der Waals surface area contributed by atoms with Crippen LogP contribution in [0.2, 0.25) is 0 Å². The molecule has 1 heterocycles. The number of nitro groups is 2. The maximum atomic E-state index is 12.0. The van der Waals surface area contributed by atoms with Gasteiger partial charge in [0.25, 0.3) is 5.69 Å². The van der Waals surface area contributed by atoms with Gasteiger partial charge in [-0.15, -0.1) is 0 Å². The predicted octanol–water partition coefficient (Wildman–Crippen LogP) is 2.13. The van der Waals surface area contributed by atoms with Crippen molar-refractivity contribution in [3.63, 3.8) is 0 Å². The lowest BCUT2D eigenvalue weighted by atomic mass is 10.1. The molecule has 0 spiro atoms.